The molecular formula is C18H34N2. The quantitative estimate of drug-likeness (QED) is 0.629. The molecule has 1 aromatic heterocycles. The van der Waals surface area contributed by atoms with Gasteiger partial charge in [0.05, 0.1) is 5.69 Å². The second kappa shape index (κ2) is 7.28. The molecule has 1 heterocycles. The Morgan fingerprint density at radius 1 is 1.05 bits per heavy atom. The second-order valence-electron chi connectivity index (χ2n) is 7.02. The van der Waals surface area contributed by atoms with Crippen LogP contribution in [0.3, 0.4) is 0 Å². The molecule has 0 aliphatic rings. The zero-order chi connectivity index (χ0) is 15.3. The van der Waals surface area contributed by atoms with Crippen LogP contribution < -0.4 is 0 Å². The molecule has 0 aromatic carbocycles. The second-order valence-corrected chi connectivity index (χ2v) is 7.02. The Balaban J connectivity index is 3.21. The highest BCUT2D eigenvalue weighted by Crippen LogP contribution is 2.35. The van der Waals surface area contributed by atoms with Gasteiger partial charge in [0, 0.05) is 17.0 Å². The summed E-state index contributed by atoms with van der Waals surface area (Å²) in [6, 6.07) is 0. The third kappa shape index (κ3) is 3.86. The van der Waals surface area contributed by atoms with Crippen molar-refractivity contribution in [2.75, 3.05) is 0 Å². The number of aromatic amines is 1. The number of aromatic nitrogens is 2. The normalized spacial score (nSPS) is 15.3. The maximum atomic E-state index is 5.02. The average molecular weight is 278 g/mol. The lowest BCUT2D eigenvalue weighted by Gasteiger charge is -2.25. The lowest BCUT2D eigenvalue weighted by Crippen LogP contribution is -2.20. The predicted octanol–water partition coefficient (Wildman–Crippen LogP) is 5.90. The third-order valence-electron chi connectivity index (χ3n) is 4.56. The summed E-state index contributed by atoms with van der Waals surface area (Å²) in [6.07, 6.45) is 6.01. The van der Waals surface area contributed by atoms with Crippen molar-refractivity contribution >= 4 is 0 Å². The molecule has 1 aromatic rings. The maximum Gasteiger partial charge on any atom is 0.109 e. The van der Waals surface area contributed by atoms with Gasteiger partial charge < -0.3 is 4.98 Å². The summed E-state index contributed by atoms with van der Waals surface area (Å²) in [4.78, 5) is 8.69. The summed E-state index contributed by atoms with van der Waals surface area (Å²) < 4.78 is 0. The van der Waals surface area contributed by atoms with Crippen LogP contribution in [0.4, 0.5) is 0 Å². The topological polar surface area (TPSA) is 28.7 Å². The lowest BCUT2D eigenvalue weighted by atomic mass is 9.81. The van der Waals surface area contributed by atoms with Gasteiger partial charge in [-0.25, -0.2) is 4.98 Å². The highest BCUT2D eigenvalue weighted by Gasteiger charge is 2.29. The minimum absolute atomic E-state index is 0.175. The number of hydrogen-bond acceptors (Lipinski definition) is 1. The zero-order valence-electron chi connectivity index (χ0n) is 14.6. The monoisotopic (exact) mass is 278 g/mol. The zero-order valence-corrected chi connectivity index (χ0v) is 14.6. The fourth-order valence-electron chi connectivity index (χ4n) is 3.03. The van der Waals surface area contributed by atoms with Crippen LogP contribution in [0.1, 0.15) is 110 Å². The van der Waals surface area contributed by atoms with Crippen LogP contribution in [0.15, 0.2) is 0 Å². The Morgan fingerprint density at radius 2 is 1.70 bits per heavy atom. The molecule has 2 heteroatoms. The standard InChI is InChI=1S/C18H34N2/c1-8-11-14(5)15-16(18(6,7)12-9-2)20-17(19-15)13(4)10-3/h13-14H,8-12H2,1-7H3,(H,19,20). The van der Waals surface area contributed by atoms with E-state index >= 15 is 0 Å². The Morgan fingerprint density at radius 3 is 2.20 bits per heavy atom. The van der Waals surface area contributed by atoms with E-state index in [-0.39, 0.29) is 5.41 Å². The molecule has 20 heavy (non-hydrogen) atoms. The Bertz CT molecular complexity index is 404. The Labute approximate surface area is 125 Å². The van der Waals surface area contributed by atoms with Gasteiger partial charge in [0.15, 0.2) is 0 Å². The van der Waals surface area contributed by atoms with E-state index in [9.17, 15) is 0 Å². The van der Waals surface area contributed by atoms with Crippen LogP contribution in [0.2, 0.25) is 0 Å². The summed E-state index contributed by atoms with van der Waals surface area (Å²) in [6.45, 7) is 16.1. The van der Waals surface area contributed by atoms with Gasteiger partial charge in [-0.15, -0.1) is 0 Å². The highest BCUT2D eigenvalue weighted by molar-refractivity contribution is 5.27. The fraction of sp³-hybridized carbons (Fsp3) is 0.833. The molecule has 2 nitrogen and oxygen atoms in total. The van der Waals surface area contributed by atoms with E-state index < -0.39 is 0 Å². The van der Waals surface area contributed by atoms with Crippen LogP contribution in [0, 0.1) is 0 Å². The van der Waals surface area contributed by atoms with Gasteiger partial charge in [0.1, 0.15) is 5.82 Å². The van der Waals surface area contributed by atoms with E-state index in [0.717, 1.165) is 6.42 Å². The summed E-state index contributed by atoms with van der Waals surface area (Å²) in [7, 11) is 0. The van der Waals surface area contributed by atoms with E-state index in [4.69, 9.17) is 4.98 Å². The molecule has 1 rings (SSSR count). The molecule has 0 aliphatic heterocycles. The van der Waals surface area contributed by atoms with Crippen LogP contribution in [-0.4, -0.2) is 9.97 Å². The van der Waals surface area contributed by atoms with Crippen LogP contribution in [0.5, 0.6) is 0 Å². The first-order valence-corrected chi connectivity index (χ1v) is 8.47. The number of imidazole rings is 1. The van der Waals surface area contributed by atoms with E-state index in [1.807, 2.05) is 0 Å². The maximum absolute atomic E-state index is 5.02. The van der Waals surface area contributed by atoms with Gasteiger partial charge in [0.25, 0.3) is 0 Å². The first kappa shape index (κ1) is 17.3. The van der Waals surface area contributed by atoms with Gasteiger partial charge in [-0.3, -0.25) is 0 Å². The summed E-state index contributed by atoms with van der Waals surface area (Å²) >= 11 is 0. The van der Waals surface area contributed by atoms with Crippen LogP contribution >= 0.6 is 0 Å². The molecule has 0 saturated heterocycles. The molecule has 0 saturated carbocycles. The molecule has 0 aliphatic carbocycles. The summed E-state index contributed by atoms with van der Waals surface area (Å²) in [5.41, 5.74) is 2.88. The molecule has 0 fully saturated rings. The van der Waals surface area contributed by atoms with Crippen LogP contribution in [-0.2, 0) is 5.41 Å². The van der Waals surface area contributed by atoms with E-state index in [2.05, 4.69) is 53.5 Å². The van der Waals surface area contributed by atoms with Crippen LogP contribution in [0.25, 0.3) is 0 Å². The number of H-pyrrole nitrogens is 1. The molecule has 2 unspecified atom stereocenters. The summed E-state index contributed by atoms with van der Waals surface area (Å²) in [5.74, 6) is 2.29. The van der Waals surface area contributed by atoms with E-state index in [1.165, 1.54) is 42.9 Å². The summed E-state index contributed by atoms with van der Waals surface area (Å²) in [5, 5.41) is 0. The Hall–Kier alpha value is -0.790. The number of hydrogen-bond donors (Lipinski definition) is 1. The smallest absolute Gasteiger partial charge is 0.109 e. The van der Waals surface area contributed by atoms with E-state index in [1.54, 1.807) is 0 Å². The van der Waals surface area contributed by atoms with Gasteiger partial charge >= 0.3 is 0 Å². The molecule has 0 spiro atoms. The molecule has 116 valence electrons. The minimum atomic E-state index is 0.175. The number of nitrogens with one attached hydrogen (secondary N) is 1. The van der Waals surface area contributed by atoms with Gasteiger partial charge in [0.2, 0.25) is 0 Å². The van der Waals surface area contributed by atoms with Crippen molar-refractivity contribution < 1.29 is 0 Å². The predicted molar refractivity (Wildman–Crippen MR) is 88.6 cm³/mol. The highest BCUT2D eigenvalue weighted by atomic mass is 15.0. The van der Waals surface area contributed by atoms with Crippen molar-refractivity contribution in [1.82, 2.24) is 9.97 Å². The SMILES string of the molecule is CCCC(C)c1[nH]c(C(C)CC)nc1C(C)(C)CCC. The van der Waals surface area contributed by atoms with Crippen molar-refractivity contribution in [1.29, 1.82) is 0 Å². The minimum Gasteiger partial charge on any atom is -0.345 e. The third-order valence-corrected chi connectivity index (χ3v) is 4.56. The van der Waals surface area contributed by atoms with Gasteiger partial charge in [-0.2, -0.15) is 0 Å². The molecule has 2 atom stereocenters. The molecule has 0 bridgehead atoms. The van der Waals surface area contributed by atoms with Crippen molar-refractivity contribution in [3.05, 3.63) is 17.2 Å². The van der Waals surface area contributed by atoms with Crippen molar-refractivity contribution in [3.63, 3.8) is 0 Å². The van der Waals surface area contributed by atoms with Crippen molar-refractivity contribution in [2.45, 2.75) is 97.8 Å². The fourth-order valence-corrected chi connectivity index (χ4v) is 3.03. The first-order valence-electron chi connectivity index (χ1n) is 8.47. The Kier molecular flexibility index (Phi) is 6.29. The van der Waals surface area contributed by atoms with Crippen molar-refractivity contribution in [3.8, 4) is 0 Å². The number of rotatable bonds is 8. The molecule has 1 N–H and O–H groups in total. The van der Waals surface area contributed by atoms with Crippen molar-refractivity contribution in [2.24, 2.45) is 0 Å². The largest absolute Gasteiger partial charge is 0.345 e. The van der Waals surface area contributed by atoms with E-state index in [0.29, 0.717) is 11.8 Å². The molecule has 0 radical (unpaired) electrons. The van der Waals surface area contributed by atoms with Gasteiger partial charge in [-0.05, 0) is 25.2 Å². The number of nitrogens with zero attached hydrogens (tertiary/aromatic N) is 1. The average Bonchev–Trinajstić information content (AvgIpc) is 2.84. The molecular weight excluding hydrogens is 244 g/mol. The lowest BCUT2D eigenvalue weighted by molar-refractivity contribution is 0.450. The first-order chi connectivity index (χ1) is 9.37. The molecule has 0 amide bonds. The van der Waals surface area contributed by atoms with Gasteiger partial charge in [-0.1, -0.05) is 61.3 Å².